The maximum atomic E-state index is 11.7. The lowest BCUT2D eigenvalue weighted by Gasteiger charge is -2.35. The smallest absolute Gasteiger partial charge is 0.319 e. The molecule has 0 aromatic carbocycles. The van der Waals surface area contributed by atoms with Crippen molar-refractivity contribution in [2.75, 3.05) is 13.1 Å². The molecular formula is C11H18N2O4. The Morgan fingerprint density at radius 1 is 1.24 bits per heavy atom. The van der Waals surface area contributed by atoms with Crippen LogP contribution in [0.15, 0.2) is 0 Å². The van der Waals surface area contributed by atoms with Gasteiger partial charge in [0.15, 0.2) is 0 Å². The largest absolute Gasteiger partial charge is 0.480 e. The molecule has 0 aliphatic heterocycles. The van der Waals surface area contributed by atoms with Gasteiger partial charge in [-0.15, -0.1) is 0 Å². The van der Waals surface area contributed by atoms with Crippen LogP contribution < -0.4 is 10.6 Å². The first-order chi connectivity index (χ1) is 8.03. The highest BCUT2D eigenvalue weighted by atomic mass is 16.4. The first kappa shape index (κ1) is 13.5. The Balaban J connectivity index is 2.39. The van der Waals surface area contributed by atoms with E-state index in [4.69, 9.17) is 5.11 Å². The molecule has 1 aliphatic carbocycles. The van der Waals surface area contributed by atoms with Crippen molar-refractivity contribution in [2.24, 2.45) is 5.41 Å². The van der Waals surface area contributed by atoms with Crippen molar-refractivity contribution in [1.29, 1.82) is 0 Å². The van der Waals surface area contributed by atoms with Crippen LogP contribution in [0.1, 0.15) is 32.6 Å². The summed E-state index contributed by atoms with van der Waals surface area (Å²) in [6.45, 7) is 2.32. The van der Waals surface area contributed by atoms with Gasteiger partial charge in [-0.3, -0.25) is 14.4 Å². The summed E-state index contributed by atoms with van der Waals surface area (Å²) < 4.78 is 0. The lowest BCUT2D eigenvalue weighted by Crippen LogP contribution is -2.52. The molecule has 0 bridgehead atoms. The molecule has 1 saturated carbocycles. The highest BCUT2D eigenvalue weighted by molar-refractivity contribution is 6.03. The molecule has 6 heteroatoms. The van der Waals surface area contributed by atoms with Crippen LogP contribution in [0.25, 0.3) is 0 Å². The first-order valence-electron chi connectivity index (χ1n) is 5.81. The zero-order valence-corrected chi connectivity index (χ0v) is 9.91. The van der Waals surface area contributed by atoms with E-state index in [0.717, 1.165) is 12.8 Å². The molecule has 0 spiro atoms. The summed E-state index contributed by atoms with van der Waals surface area (Å²) in [5, 5.41) is 14.0. The number of carboxylic acids is 1. The summed E-state index contributed by atoms with van der Waals surface area (Å²) in [5.74, 6) is -1.95. The van der Waals surface area contributed by atoms with Gasteiger partial charge in [0.25, 0.3) is 0 Å². The standard InChI is InChI=1S/C11H18N2O4/c1-2-6-12-8(14)7-13-9(15)11(10(16)17)4-3-5-11/h2-7H2,1H3,(H,12,14)(H,13,15)(H,16,17). The average molecular weight is 242 g/mol. The van der Waals surface area contributed by atoms with Gasteiger partial charge in [-0.25, -0.2) is 0 Å². The van der Waals surface area contributed by atoms with E-state index in [0.29, 0.717) is 19.4 Å². The summed E-state index contributed by atoms with van der Waals surface area (Å²) in [5.41, 5.74) is -1.30. The van der Waals surface area contributed by atoms with Crippen molar-refractivity contribution in [1.82, 2.24) is 10.6 Å². The molecule has 0 heterocycles. The van der Waals surface area contributed by atoms with Crippen LogP contribution in [0.5, 0.6) is 0 Å². The fraction of sp³-hybridized carbons (Fsp3) is 0.727. The molecule has 0 saturated heterocycles. The maximum absolute atomic E-state index is 11.7. The van der Waals surface area contributed by atoms with E-state index in [9.17, 15) is 14.4 Å². The van der Waals surface area contributed by atoms with Crippen molar-refractivity contribution in [2.45, 2.75) is 32.6 Å². The summed E-state index contributed by atoms with van der Waals surface area (Å²) in [6, 6.07) is 0. The number of rotatable bonds is 6. The third-order valence-corrected chi connectivity index (χ3v) is 3.03. The topological polar surface area (TPSA) is 95.5 Å². The molecule has 0 unspecified atom stereocenters. The minimum Gasteiger partial charge on any atom is -0.480 e. The molecule has 0 atom stereocenters. The van der Waals surface area contributed by atoms with Gasteiger partial charge in [0.2, 0.25) is 11.8 Å². The van der Waals surface area contributed by atoms with E-state index < -0.39 is 17.3 Å². The quantitative estimate of drug-likeness (QED) is 0.566. The van der Waals surface area contributed by atoms with E-state index in [-0.39, 0.29) is 12.5 Å². The van der Waals surface area contributed by atoms with Crippen LogP contribution in [0.3, 0.4) is 0 Å². The predicted molar refractivity (Wildman–Crippen MR) is 60.2 cm³/mol. The molecule has 17 heavy (non-hydrogen) atoms. The van der Waals surface area contributed by atoms with Gasteiger partial charge < -0.3 is 15.7 Å². The number of amides is 2. The summed E-state index contributed by atoms with van der Waals surface area (Å²) in [4.78, 5) is 33.9. The highest BCUT2D eigenvalue weighted by Gasteiger charge is 2.51. The lowest BCUT2D eigenvalue weighted by molar-refractivity contribution is -0.162. The number of carbonyl (C=O) groups is 3. The van der Waals surface area contributed by atoms with Crippen molar-refractivity contribution in [3.05, 3.63) is 0 Å². The Kier molecular flexibility index (Phi) is 4.48. The van der Waals surface area contributed by atoms with Crippen molar-refractivity contribution in [3.8, 4) is 0 Å². The minimum absolute atomic E-state index is 0.159. The molecule has 2 amide bonds. The van der Waals surface area contributed by atoms with Crippen LogP contribution in [0.4, 0.5) is 0 Å². The molecule has 1 aliphatic rings. The van der Waals surface area contributed by atoms with E-state index in [2.05, 4.69) is 10.6 Å². The minimum atomic E-state index is -1.30. The number of carbonyl (C=O) groups excluding carboxylic acids is 2. The van der Waals surface area contributed by atoms with Gasteiger partial charge in [-0.2, -0.15) is 0 Å². The van der Waals surface area contributed by atoms with E-state index in [1.165, 1.54) is 0 Å². The zero-order valence-electron chi connectivity index (χ0n) is 9.91. The molecule has 96 valence electrons. The van der Waals surface area contributed by atoms with Crippen LogP contribution in [0, 0.1) is 5.41 Å². The molecule has 6 nitrogen and oxygen atoms in total. The van der Waals surface area contributed by atoms with Gasteiger partial charge in [-0.05, 0) is 19.3 Å². The number of aliphatic carboxylic acids is 1. The van der Waals surface area contributed by atoms with E-state index in [1.807, 2.05) is 6.92 Å². The summed E-state index contributed by atoms with van der Waals surface area (Å²) in [6.07, 6.45) is 2.26. The van der Waals surface area contributed by atoms with Crippen molar-refractivity contribution in [3.63, 3.8) is 0 Å². The van der Waals surface area contributed by atoms with Gasteiger partial charge >= 0.3 is 5.97 Å². The normalized spacial score (nSPS) is 16.8. The molecule has 3 N–H and O–H groups in total. The van der Waals surface area contributed by atoms with Crippen LogP contribution >= 0.6 is 0 Å². The highest BCUT2D eigenvalue weighted by Crippen LogP contribution is 2.41. The van der Waals surface area contributed by atoms with E-state index >= 15 is 0 Å². The zero-order chi connectivity index (χ0) is 12.9. The Morgan fingerprint density at radius 2 is 1.88 bits per heavy atom. The molecule has 0 radical (unpaired) electrons. The lowest BCUT2D eigenvalue weighted by atomic mass is 9.68. The Labute approximate surface area is 99.8 Å². The van der Waals surface area contributed by atoms with Gasteiger partial charge in [0.05, 0.1) is 6.54 Å². The number of carboxylic acid groups (broad SMARTS) is 1. The second-order valence-corrected chi connectivity index (χ2v) is 4.27. The second kappa shape index (κ2) is 5.65. The second-order valence-electron chi connectivity index (χ2n) is 4.27. The van der Waals surface area contributed by atoms with Gasteiger partial charge in [0, 0.05) is 6.54 Å². The summed E-state index contributed by atoms with van der Waals surface area (Å²) >= 11 is 0. The van der Waals surface area contributed by atoms with Crippen LogP contribution in [0.2, 0.25) is 0 Å². The number of hydrogen-bond acceptors (Lipinski definition) is 3. The molecule has 1 fully saturated rings. The van der Waals surface area contributed by atoms with E-state index in [1.54, 1.807) is 0 Å². The molecule has 0 aromatic rings. The third kappa shape index (κ3) is 2.95. The number of hydrogen-bond donors (Lipinski definition) is 3. The maximum Gasteiger partial charge on any atom is 0.319 e. The molecule has 1 rings (SSSR count). The van der Waals surface area contributed by atoms with Crippen molar-refractivity contribution >= 4 is 17.8 Å². The SMILES string of the molecule is CCCNC(=O)CNC(=O)C1(C(=O)O)CCC1. The van der Waals surface area contributed by atoms with Crippen molar-refractivity contribution < 1.29 is 19.5 Å². The fourth-order valence-electron chi connectivity index (χ4n) is 1.73. The Morgan fingerprint density at radius 3 is 2.29 bits per heavy atom. The monoisotopic (exact) mass is 242 g/mol. The van der Waals surface area contributed by atoms with Crippen LogP contribution in [-0.4, -0.2) is 36.0 Å². The Bertz CT molecular complexity index is 323. The van der Waals surface area contributed by atoms with Crippen LogP contribution in [-0.2, 0) is 14.4 Å². The van der Waals surface area contributed by atoms with Gasteiger partial charge in [-0.1, -0.05) is 13.3 Å². The fourth-order valence-corrected chi connectivity index (χ4v) is 1.73. The van der Waals surface area contributed by atoms with Gasteiger partial charge in [0.1, 0.15) is 5.41 Å². The molecule has 0 aromatic heterocycles. The Hall–Kier alpha value is -1.59. The predicted octanol–water partition coefficient (Wildman–Crippen LogP) is -0.116. The average Bonchev–Trinajstić information content (AvgIpc) is 2.21. The first-order valence-corrected chi connectivity index (χ1v) is 5.81. The summed E-state index contributed by atoms with van der Waals surface area (Å²) in [7, 11) is 0. The number of nitrogens with one attached hydrogen (secondary N) is 2. The molecular weight excluding hydrogens is 224 g/mol. The third-order valence-electron chi connectivity index (χ3n) is 3.03.